The van der Waals surface area contributed by atoms with E-state index in [1.807, 2.05) is 0 Å². The van der Waals surface area contributed by atoms with E-state index in [0.717, 1.165) is 18.8 Å². The van der Waals surface area contributed by atoms with Gasteiger partial charge in [0.1, 0.15) is 0 Å². The van der Waals surface area contributed by atoms with E-state index in [1.54, 1.807) is 0 Å². The second-order valence-corrected chi connectivity index (χ2v) is 3.89. The van der Waals surface area contributed by atoms with Gasteiger partial charge in [-0.3, -0.25) is 4.79 Å². The Bertz CT molecular complexity index is 156. The quantitative estimate of drug-likeness (QED) is 0.686. The van der Waals surface area contributed by atoms with Gasteiger partial charge in [-0.2, -0.15) is 0 Å². The molecule has 0 aromatic carbocycles. The predicted octanol–water partition coefficient (Wildman–Crippen LogP) is 2.09. The molecule has 1 aliphatic heterocycles. The first-order valence-corrected chi connectivity index (χ1v) is 5.01. The molecule has 1 saturated heterocycles. The minimum absolute atomic E-state index is 0.240. The van der Waals surface area contributed by atoms with Gasteiger partial charge in [0, 0.05) is 12.5 Å². The average molecular weight is 169 g/mol. The summed E-state index contributed by atoms with van der Waals surface area (Å²) in [6.07, 6.45) is 5.46. The number of carbonyl (C=O) groups excluding carboxylic acids is 1. The molecule has 1 N–H and O–H groups in total. The van der Waals surface area contributed by atoms with Crippen molar-refractivity contribution in [3.05, 3.63) is 0 Å². The van der Waals surface area contributed by atoms with E-state index in [0.29, 0.717) is 6.04 Å². The molecule has 1 amide bonds. The zero-order valence-electron chi connectivity index (χ0n) is 8.10. The molecule has 0 saturated carbocycles. The van der Waals surface area contributed by atoms with Gasteiger partial charge in [0.15, 0.2) is 0 Å². The normalized spacial score (nSPS) is 25.5. The van der Waals surface area contributed by atoms with E-state index < -0.39 is 0 Å². The zero-order chi connectivity index (χ0) is 8.97. The van der Waals surface area contributed by atoms with Crippen LogP contribution in [0.25, 0.3) is 0 Å². The number of nitrogens with one attached hydrogen (secondary N) is 1. The maximum Gasteiger partial charge on any atom is 0.220 e. The van der Waals surface area contributed by atoms with Crippen LogP contribution in [0.2, 0.25) is 0 Å². The van der Waals surface area contributed by atoms with Crippen molar-refractivity contribution < 1.29 is 4.79 Å². The van der Waals surface area contributed by atoms with Crippen molar-refractivity contribution in [1.29, 1.82) is 0 Å². The number of carbonyl (C=O) groups is 1. The van der Waals surface area contributed by atoms with Crippen LogP contribution in [0.15, 0.2) is 0 Å². The molecule has 1 fully saturated rings. The van der Waals surface area contributed by atoms with Crippen LogP contribution in [0.1, 0.15) is 46.0 Å². The second-order valence-electron chi connectivity index (χ2n) is 3.89. The summed E-state index contributed by atoms with van der Waals surface area (Å²) in [6, 6.07) is 0.478. The smallest absolute Gasteiger partial charge is 0.220 e. The highest BCUT2D eigenvalue weighted by Crippen LogP contribution is 2.16. The van der Waals surface area contributed by atoms with Crippen LogP contribution in [-0.2, 0) is 4.79 Å². The molecule has 0 aliphatic carbocycles. The SMILES string of the molecule is CCC(C)CCC1CCC(=O)N1. The lowest BCUT2D eigenvalue weighted by Gasteiger charge is -2.12. The van der Waals surface area contributed by atoms with E-state index in [9.17, 15) is 4.79 Å². The summed E-state index contributed by atoms with van der Waals surface area (Å²) in [6.45, 7) is 4.49. The minimum atomic E-state index is 0.240. The number of hydrogen-bond donors (Lipinski definition) is 1. The Morgan fingerprint density at radius 1 is 1.67 bits per heavy atom. The van der Waals surface area contributed by atoms with E-state index >= 15 is 0 Å². The molecule has 0 bridgehead atoms. The maximum absolute atomic E-state index is 10.9. The van der Waals surface area contributed by atoms with Gasteiger partial charge in [0.05, 0.1) is 0 Å². The van der Waals surface area contributed by atoms with Gasteiger partial charge in [-0.25, -0.2) is 0 Å². The van der Waals surface area contributed by atoms with Crippen LogP contribution in [-0.4, -0.2) is 11.9 Å². The molecule has 2 heteroatoms. The van der Waals surface area contributed by atoms with Crippen molar-refractivity contribution in [2.45, 2.75) is 52.0 Å². The third-order valence-electron chi connectivity index (χ3n) is 2.79. The third kappa shape index (κ3) is 2.84. The first kappa shape index (κ1) is 9.56. The van der Waals surface area contributed by atoms with Gasteiger partial charge in [0.25, 0.3) is 0 Å². The first-order chi connectivity index (χ1) is 5.72. The van der Waals surface area contributed by atoms with Gasteiger partial charge < -0.3 is 5.32 Å². The summed E-state index contributed by atoms with van der Waals surface area (Å²) < 4.78 is 0. The number of rotatable bonds is 4. The summed E-state index contributed by atoms with van der Waals surface area (Å²) >= 11 is 0. The summed E-state index contributed by atoms with van der Waals surface area (Å²) in [4.78, 5) is 10.9. The third-order valence-corrected chi connectivity index (χ3v) is 2.79. The van der Waals surface area contributed by atoms with E-state index in [4.69, 9.17) is 0 Å². The van der Waals surface area contributed by atoms with Crippen molar-refractivity contribution in [3.63, 3.8) is 0 Å². The maximum atomic E-state index is 10.9. The Labute approximate surface area is 74.7 Å². The highest BCUT2D eigenvalue weighted by Gasteiger charge is 2.20. The standard InChI is InChI=1S/C10H19NO/c1-3-8(2)4-5-9-6-7-10(12)11-9/h8-9H,3-7H2,1-2H3,(H,11,12). The molecule has 0 aromatic rings. The van der Waals surface area contributed by atoms with Crippen LogP contribution in [0.4, 0.5) is 0 Å². The topological polar surface area (TPSA) is 29.1 Å². The lowest BCUT2D eigenvalue weighted by atomic mass is 9.99. The van der Waals surface area contributed by atoms with E-state index in [1.165, 1.54) is 19.3 Å². The molecule has 0 aromatic heterocycles. The van der Waals surface area contributed by atoms with Crippen molar-refractivity contribution in [2.24, 2.45) is 5.92 Å². The van der Waals surface area contributed by atoms with Crippen molar-refractivity contribution in [3.8, 4) is 0 Å². The fraction of sp³-hybridized carbons (Fsp3) is 0.900. The second kappa shape index (κ2) is 4.48. The summed E-state index contributed by atoms with van der Waals surface area (Å²) in [5, 5.41) is 2.99. The Kier molecular flexibility index (Phi) is 3.57. The predicted molar refractivity (Wildman–Crippen MR) is 49.9 cm³/mol. The van der Waals surface area contributed by atoms with Gasteiger partial charge in [-0.15, -0.1) is 0 Å². The monoisotopic (exact) mass is 169 g/mol. The molecular weight excluding hydrogens is 150 g/mol. The fourth-order valence-corrected chi connectivity index (χ4v) is 1.58. The summed E-state index contributed by atoms with van der Waals surface area (Å²) in [5.41, 5.74) is 0. The summed E-state index contributed by atoms with van der Waals surface area (Å²) in [7, 11) is 0. The Morgan fingerprint density at radius 2 is 2.42 bits per heavy atom. The first-order valence-electron chi connectivity index (χ1n) is 5.01. The molecular formula is C10H19NO. The fourth-order valence-electron chi connectivity index (χ4n) is 1.58. The molecule has 0 spiro atoms. The zero-order valence-corrected chi connectivity index (χ0v) is 8.10. The largest absolute Gasteiger partial charge is 0.353 e. The van der Waals surface area contributed by atoms with Crippen molar-refractivity contribution >= 4 is 5.91 Å². The molecule has 12 heavy (non-hydrogen) atoms. The van der Waals surface area contributed by atoms with Gasteiger partial charge in [-0.1, -0.05) is 20.3 Å². The van der Waals surface area contributed by atoms with E-state index in [-0.39, 0.29) is 5.91 Å². The minimum Gasteiger partial charge on any atom is -0.353 e. The van der Waals surface area contributed by atoms with Gasteiger partial charge in [-0.05, 0) is 25.2 Å². The van der Waals surface area contributed by atoms with Crippen LogP contribution in [0.5, 0.6) is 0 Å². The lowest BCUT2D eigenvalue weighted by Crippen LogP contribution is -2.25. The highest BCUT2D eigenvalue weighted by molar-refractivity contribution is 5.78. The molecule has 70 valence electrons. The highest BCUT2D eigenvalue weighted by atomic mass is 16.1. The Balaban J connectivity index is 2.11. The van der Waals surface area contributed by atoms with Crippen molar-refractivity contribution in [2.75, 3.05) is 0 Å². The van der Waals surface area contributed by atoms with Crippen LogP contribution in [0.3, 0.4) is 0 Å². The number of amides is 1. The lowest BCUT2D eigenvalue weighted by molar-refractivity contribution is -0.119. The molecule has 0 radical (unpaired) electrons. The Morgan fingerprint density at radius 3 is 2.92 bits per heavy atom. The molecule has 1 rings (SSSR count). The molecule has 2 unspecified atom stereocenters. The Hall–Kier alpha value is -0.530. The van der Waals surface area contributed by atoms with Crippen LogP contribution < -0.4 is 5.32 Å². The summed E-state index contributed by atoms with van der Waals surface area (Å²) in [5.74, 6) is 1.05. The average Bonchev–Trinajstić information content (AvgIpc) is 2.47. The molecule has 2 atom stereocenters. The molecule has 2 nitrogen and oxygen atoms in total. The number of hydrogen-bond acceptors (Lipinski definition) is 1. The van der Waals surface area contributed by atoms with Gasteiger partial charge >= 0.3 is 0 Å². The van der Waals surface area contributed by atoms with Crippen molar-refractivity contribution in [1.82, 2.24) is 5.32 Å². The van der Waals surface area contributed by atoms with E-state index in [2.05, 4.69) is 19.2 Å². The molecule has 1 aliphatic rings. The molecule has 1 heterocycles. The van der Waals surface area contributed by atoms with Gasteiger partial charge in [0.2, 0.25) is 5.91 Å². The van der Waals surface area contributed by atoms with Crippen LogP contribution >= 0.6 is 0 Å². The van der Waals surface area contributed by atoms with Crippen LogP contribution in [0, 0.1) is 5.92 Å².